The Bertz CT molecular complexity index is 394. The fourth-order valence-corrected chi connectivity index (χ4v) is 2.01. The molecule has 1 aliphatic heterocycles. The van der Waals surface area contributed by atoms with Gasteiger partial charge in [-0.25, -0.2) is 0 Å². The number of amides is 1. The largest absolute Gasteiger partial charge is 0.381 e. The molecule has 1 saturated heterocycles. The molecule has 17 heavy (non-hydrogen) atoms. The topological polar surface area (TPSA) is 67.0 Å². The van der Waals surface area contributed by atoms with E-state index in [0.717, 1.165) is 31.7 Å². The maximum atomic E-state index is 11.9. The molecular weight excluding hydrogens is 218 g/mol. The number of rotatable bonds is 3. The first-order chi connectivity index (χ1) is 8.11. The molecule has 94 valence electrons. The van der Waals surface area contributed by atoms with Crippen molar-refractivity contribution in [3.8, 4) is 0 Å². The Hall–Kier alpha value is -1.36. The van der Waals surface area contributed by atoms with Gasteiger partial charge in [-0.3, -0.25) is 9.89 Å². The van der Waals surface area contributed by atoms with Crippen LogP contribution in [0, 0.1) is 12.3 Å². The molecule has 5 heteroatoms. The molecule has 1 aromatic heterocycles. The van der Waals surface area contributed by atoms with E-state index in [2.05, 4.69) is 22.4 Å². The van der Waals surface area contributed by atoms with Gasteiger partial charge in [-0.05, 0) is 25.2 Å². The molecular formula is C12H19N3O2. The van der Waals surface area contributed by atoms with Gasteiger partial charge in [0.1, 0.15) is 0 Å². The highest BCUT2D eigenvalue weighted by Crippen LogP contribution is 2.28. The Balaban J connectivity index is 1.90. The predicted octanol–water partition coefficient (Wildman–Crippen LogP) is 1.26. The standard InChI is InChI=1S/C12H19N3O2/c1-9-10(7-14-15-9)11(16)13-8-12(2)3-5-17-6-4-12/h7H,3-6,8H2,1-2H3,(H,13,16)(H,14,15). The lowest BCUT2D eigenvalue weighted by Crippen LogP contribution is -2.39. The van der Waals surface area contributed by atoms with Crippen molar-refractivity contribution < 1.29 is 9.53 Å². The summed E-state index contributed by atoms with van der Waals surface area (Å²) in [6, 6.07) is 0. The third-order valence-electron chi connectivity index (χ3n) is 3.45. The average molecular weight is 237 g/mol. The lowest BCUT2D eigenvalue weighted by Gasteiger charge is -2.33. The molecule has 0 spiro atoms. The quantitative estimate of drug-likeness (QED) is 0.831. The molecule has 1 amide bonds. The summed E-state index contributed by atoms with van der Waals surface area (Å²) in [5.41, 5.74) is 1.59. The van der Waals surface area contributed by atoms with E-state index < -0.39 is 0 Å². The van der Waals surface area contributed by atoms with Gasteiger partial charge >= 0.3 is 0 Å². The average Bonchev–Trinajstić information content (AvgIpc) is 2.74. The Morgan fingerprint density at radius 3 is 2.88 bits per heavy atom. The van der Waals surface area contributed by atoms with E-state index in [1.54, 1.807) is 6.20 Å². The maximum Gasteiger partial charge on any atom is 0.254 e. The van der Waals surface area contributed by atoms with Crippen molar-refractivity contribution >= 4 is 5.91 Å². The van der Waals surface area contributed by atoms with Gasteiger partial charge in [0.05, 0.1) is 11.8 Å². The van der Waals surface area contributed by atoms with Crippen LogP contribution in [0.15, 0.2) is 6.20 Å². The third kappa shape index (κ3) is 2.85. The predicted molar refractivity (Wildman–Crippen MR) is 63.8 cm³/mol. The summed E-state index contributed by atoms with van der Waals surface area (Å²) in [6.07, 6.45) is 3.56. The van der Waals surface area contributed by atoms with E-state index >= 15 is 0 Å². The van der Waals surface area contributed by atoms with Crippen LogP contribution in [0.1, 0.15) is 35.8 Å². The molecule has 0 aromatic carbocycles. The number of aryl methyl sites for hydroxylation is 1. The van der Waals surface area contributed by atoms with E-state index in [9.17, 15) is 4.79 Å². The number of ether oxygens (including phenoxy) is 1. The minimum absolute atomic E-state index is 0.0519. The van der Waals surface area contributed by atoms with Gasteiger partial charge in [-0.15, -0.1) is 0 Å². The highest BCUT2D eigenvalue weighted by molar-refractivity contribution is 5.94. The van der Waals surface area contributed by atoms with Crippen molar-refractivity contribution in [3.05, 3.63) is 17.5 Å². The molecule has 0 bridgehead atoms. The van der Waals surface area contributed by atoms with Crippen LogP contribution in [-0.4, -0.2) is 35.9 Å². The molecule has 2 rings (SSSR count). The zero-order valence-corrected chi connectivity index (χ0v) is 10.4. The van der Waals surface area contributed by atoms with Crippen LogP contribution in [0.25, 0.3) is 0 Å². The van der Waals surface area contributed by atoms with Crippen molar-refractivity contribution in [2.45, 2.75) is 26.7 Å². The van der Waals surface area contributed by atoms with Gasteiger partial charge in [-0.2, -0.15) is 5.10 Å². The Kier molecular flexibility index (Phi) is 3.47. The van der Waals surface area contributed by atoms with Crippen molar-refractivity contribution in [2.75, 3.05) is 19.8 Å². The molecule has 0 aliphatic carbocycles. The molecule has 5 nitrogen and oxygen atoms in total. The van der Waals surface area contributed by atoms with E-state index in [-0.39, 0.29) is 11.3 Å². The third-order valence-corrected chi connectivity index (χ3v) is 3.45. The summed E-state index contributed by atoms with van der Waals surface area (Å²) in [6.45, 7) is 6.31. The Labute approximate surface area is 101 Å². The van der Waals surface area contributed by atoms with Gasteiger partial charge in [0.2, 0.25) is 0 Å². The molecule has 2 N–H and O–H groups in total. The van der Waals surface area contributed by atoms with Gasteiger partial charge in [0.15, 0.2) is 0 Å². The van der Waals surface area contributed by atoms with E-state index in [1.165, 1.54) is 0 Å². The van der Waals surface area contributed by atoms with Crippen molar-refractivity contribution in [1.29, 1.82) is 0 Å². The second-order valence-corrected chi connectivity index (χ2v) is 5.01. The van der Waals surface area contributed by atoms with Crippen LogP contribution in [0.5, 0.6) is 0 Å². The number of carbonyl (C=O) groups is 1. The second kappa shape index (κ2) is 4.87. The van der Waals surface area contributed by atoms with Crippen LogP contribution in [-0.2, 0) is 4.74 Å². The summed E-state index contributed by atoms with van der Waals surface area (Å²) in [7, 11) is 0. The SMILES string of the molecule is Cc1[nH]ncc1C(=O)NCC1(C)CCOCC1. The minimum Gasteiger partial charge on any atom is -0.381 e. The van der Waals surface area contributed by atoms with Crippen LogP contribution in [0.3, 0.4) is 0 Å². The summed E-state index contributed by atoms with van der Waals surface area (Å²) >= 11 is 0. The first kappa shape index (κ1) is 12.1. The van der Waals surface area contributed by atoms with Crippen LogP contribution in [0.2, 0.25) is 0 Å². The van der Waals surface area contributed by atoms with Crippen molar-refractivity contribution in [3.63, 3.8) is 0 Å². The number of carbonyl (C=O) groups excluding carboxylic acids is 1. The number of hydrogen-bond donors (Lipinski definition) is 2. The number of hydrogen-bond acceptors (Lipinski definition) is 3. The number of aromatic nitrogens is 2. The molecule has 0 saturated carbocycles. The molecule has 0 unspecified atom stereocenters. The lowest BCUT2D eigenvalue weighted by atomic mass is 9.82. The summed E-state index contributed by atoms with van der Waals surface area (Å²) < 4.78 is 5.34. The van der Waals surface area contributed by atoms with Gasteiger partial charge in [0, 0.05) is 25.5 Å². The fourth-order valence-electron chi connectivity index (χ4n) is 2.01. The van der Waals surface area contributed by atoms with E-state index in [1.807, 2.05) is 6.92 Å². The number of nitrogens with one attached hydrogen (secondary N) is 2. The Morgan fingerprint density at radius 1 is 1.59 bits per heavy atom. The summed E-state index contributed by atoms with van der Waals surface area (Å²) in [5, 5.41) is 9.60. The van der Waals surface area contributed by atoms with Gasteiger partial charge < -0.3 is 10.1 Å². The highest BCUT2D eigenvalue weighted by atomic mass is 16.5. The first-order valence-corrected chi connectivity index (χ1v) is 5.97. The fraction of sp³-hybridized carbons (Fsp3) is 0.667. The minimum atomic E-state index is -0.0519. The summed E-state index contributed by atoms with van der Waals surface area (Å²) in [4.78, 5) is 11.9. The van der Waals surface area contributed by atoms with Crippen LogP contribution in [0.4, 0.5) is 0 Å². The second-order valence-electron chi connectivity index (χ2n) is 5.01. The number of H-pyrrole nitrogens is 1. The molecule has 1 aliphatic rings. The van der Waals surface area contributed by atoms with Crippen LogP contribution >= 0.6 is 0 Å². The first-order valence-electron chi connectivity index (χ1n) is 5.97. The molecule has 0 atom stereocenters. The van der Waals surface area contributed by atoms with E-state index in [4.69, 9.17) is 4.74 Å². The number of aromatic amines is 1. The van der Waals surface area contributed by atoms with Gasteiger partial charge in [0.25, 0.3) is 5.91 Å². The zero-order valence-electron chi connectivity index (χ0n) is 10.4. The van der Waals surface area contributed by atoms with E-state index in [0.29, 0.717) is 12.1 Å². The van der Waals surface area contributed by atoms with Crippen molar-refractivity contribution in [2.24, 2.45) is 5.41 Å². The Morgan fingerprint density at radius 2 is 2.29 bits per heavy atom. The molecule has 1 fully saturated rings. The lowest BCUT2D eigenvalue weighted by molar-refractivity contribution is 0.0238. The normalized spacial score (nSPS) is 18.9. The molecule has 1 aromatic rings. The molecule has 0 radical (unpaired) electrons. The molecule has 2 heterocycles. The van der Waals surface area contributed by atoms with Crippen molar-refractivity contribution in [1.82, 2.24) is 15.5 Å². The van der Waals surface area contributed by atoms with Gasteiger partial charge in [-0.1, -0.05) is 6.92 Å². The number of nitrogens with zero attached hydrogens (tertiary/aromatic N) is 1. The zero-order chi connectivity index (χ0) is 12.3. The maximum absolute atomic E-state index is 11.9. The summed E-state index contributed by atoms with van der Waals surface area (Å²) in [5.74, 6) is -0.0519. The van der Waals surface area contributed by atoms with Crippen LogP contribution < -0.4 is 5.32 Å². The monoisotopic (exact) mass is 237 g/mol. The highest BCUT2D eigenvalue weighted by Gasteiger charge is 2.28. The smallest absolute Gasteiger partial charge is 0.254 e.